The standard InChI is InChI=1S/C15H15N3O5/c1-17-13(20)11(14(21)18(2)15(17)22)7-9-3-5-10(6-4-9)23-8-12(16)19/h3-7H,8H2,1-2H3,(H2,16,19). The zero-order valence-corrected chi connectivity index (χ0v) is 12.6. The molecule has 0 unspecified atom stereocenters. The summed E-state index contributed by atoms with van der Waals surface area (Å²) in [4.78, 5) is 48.1. The van der Waals surface area contributed by atoms with Crippen LogP contribution in [0.1, 0.15) is 5.56 Å². The summed E-state index contributed by atoms with van der Waals surface area (Å²) in [6.45, 7) is -0.241. The van der Waals surface area contributed by atoms with Crippen LogP contribution >= 0.6 is 0 Å². The Morgan fingerprint density at radius 3 is 2.09 bits per heavy atom. The molecule has 2 rings (SSSR count). The molecule has 1 aliphatic heterocycles. The molecule has 5 amide bonds. The van der Waals surface area contributed by atoms with Crippen molar-refractivity contribution >= 4 is 29.8 Å². The Bertz CT molecular complexity index is 682. The zero-order valence-electron chi connectivity index (χ0n) is 12.6. The van der Waals surface area contributed by atoms with Gasteiger partial charge in [-0.1, -0.05) is 12.1 Å². The molecular formula is C15H15N3O5. The summed E-state index contributed by atoms with van der Waals surface area (Å²) in [5.74, 6) is -1.48. The monoisotopic (exact) mass is 317 g/mol. The molecule has 8 nitrogen and oxygen atoms in total. The van der Waals surface area contributed by atoms with Gasteiger partial charge in [0.2, 0.25) is 0 Å². The van der Waals surface area contributed by atoms with Gasteiger partial charge in [0.25, 0.3) is 17.7 Å². The van der Waals surface area contributed by atoms with E-state index in [1.807, 2.05) is 0 Å². The minimum Gasteiger partial charge on any atom is -0.484 e. The van der Waals surface area contributed by atoms with Crippen molar-refractivity contribution in [2.24, 2.45) is 5.73 Å². The number of barbiturate groups is 1. The number of hydrogen-bond donors (Lipinski definition) is 1. The molecule has 0 aliphatic carbocycles. The average Bonchev–Trinajstić information content (AvgIpc) is 2.54. The Kier molecular flexibility index (Phi) is 4.44. The van der Waals surface area contributed by atoms with Crippen molar-refractivity contribution < 1.29 is 23.9 Å². The van der Waals surface area contributed by atoms with E-state index in [0.29, 0.717) is 11.3 Å². The third-order valence-corrected chi connectivity index (χ3v) is 3.22. The average molecular weight is 317 g/mol. The van der Waals surface area contributed by atoms with E-state index in [2.05, 4.69) is 0 Å². The van der Waals surface area contributed by atoms with Gasteiger partial charge in [0.1, 0.15) is 11.3 Å². The van der Waals surface area contributed by atoms with Crippen LogP contribution in [0.25, 0.3) is 6.08 Å². The summed E-state index contributed by atoms with van der Waals surface area (Å²) in [6.07, 6.45) is 1.39. The van der Waals surface area contributed by atoms with Gasteiger partial charge >= 0.3 is 6.03 Å². The van der Waals surface area contributed by atoms with Crippen LogP contribution in [0.5, 0.6) is 5.75 Å². The lowest BCUT2D eigenvalue weighted by Crippen LogP contribution is -2.52. The number of rotatable bonds is 4. The van der Waals surface area contributed by atoms with Crippen LogP contribution in [0.15, 0.2) is 29.8 Å². The molecule has 0 atom stereocenters. The van der Waals surface area contributed by atoms with Gasteiger partial charge in [-0.15, -0.1) is 0 Å². The van der Waals surface area contributed by atoms with Crippen LogP contribution in [0.3, 0.4) is 0 Å². The zero-order chi connectivity index (χ0) is 17.1. The summed E-state index contributed by atoms with van der Waals surface area (Å²) in [7, 11) is 2.62. The Balaban J connectivity index is 2.23. The Morgan fingerprint density at radius 2 is 1.61 bits per heavy atom. The largest absolute Gasteiger partial charge is 0.484 e. The van der Waals surface area contributed by atoms with Gasteiger partial charge in [-0.25, -0.2) is 4.79 Å². The normalized spacial score (nSPS) is 15.0. The molecule has 0 bridgehead atoms. The molecule has 1 aromatic rings. The van der Waals surface area contributed by atoms with Crippen LogP contribution in [0.2, 0.25) is 0 Å². The molecule has 2 N–H and O–H groups in total. The number of carbonyl (C=O) groups is 4. The second-order valence-corrected chi connectivity index (χ2v) is 4.89. The van der Waals surface area contributed by atoms with Gasteiger partial charge in [-0.3, -0.25) is 24.2 Å². The van der Waals surface area contributed by atoms with Crippen molar-refractivity contribution in [3.63, 3.8) is 0 Å². The fraction of sp³-hybridized carbons (Fsp3) is 0.200. The van der Waals surface area contributed by atoms with Gasteiger partial charge in [-0.2, -0.15) is 0 Å². The number of primary amides is 1. The fourth-order valence-electron chi connectivity index (χ4n) is 1.96. The van der Waals surface area contributed by atoms with Crippen molar-refractivity contribution in [3.8, 4) is 5.75 Å². The van der Waals surface area contributed by atoms with E-state index in [1.165, 1.54) is 20.2 Å². The Morgan fingerprint density at radius 1 is 1.09 bits per heavy atom. The lowest BCUT2D eigenvalue weighted by Gasteiger charge is -2.28. The summed E-state index contributed by atoms with van der Waals surface area (Å²) in [6, 6.07) is 5.70. The van der Waals surface area contributed by atoms with Crippen molar-refractivity contribution in [1.29, 1.82) is 0 Å². The SMILES string of the molecule is CN1C(=O)C(=Cc2ccc(OCC(N)=O)cc2)C(=O)N(C)C1=O. The first-order chi connectivity index (χ1) is 10.8. The van der Waals surface area contributed by atoms with Gasteiger partial charge < -0.3 is 10.5 Å². The molecule has 8 heteroatoms. The highest BCUT2D eigenvalue weighted by molar-refractivity contribution is 6.30. The van der Waals surface area contributed by atoms with Crippen LogP contribution in [0, 0.1) is 0 Å². The predicted octanol–water partition coefficient (Wildman–Crippen LogP) is -0.0155. The summed E-state index contributed by atoms with van der Waals surface area (Å²) in [5, 5.41) is 0. The quantitative estimate of drug-likeness (QED) is 0.620. The van der Waals surface area contributed by atoms with Crippen molar-refractivity contribution in [2.45, 2.75) is 0 Å². The number of nitrogens with two attached hydrogens (primary N) is 1. The van der Waals surface area contributed by atoms with E-state index >= 15 is 0 Å². The maximum Gasteiger partial charge on any atom is 0.333 e. The Hall–Kier alpha value is -3.16. The first-order valence-corrected chi connectivity index (χ1v) is 6.64. The number of urea groups is 1. The third-order valence-electron chi connectivity index (χ3n) is 3.22. The van der Waals surface area contributed by atoms with E-state index < -0.39 is 23.8 Å². The molecule has 1 aromatic carbocycles. The van der Waals surface area contributed by atoms with Crippen molar-refractivity contribution in [2.75, 3.05) is 20.7 Å². The van der Waals surface area contributed by atoms with Gasteiger partial charge in [0.05, 0.1) is 0 Å². The van der Waals surface area contributed by atoms with Crippen molar-refractivity contribution in [1.82, 2.24) is 9.80 Å². The molecular weight excluding hydrogens is 302 g/mol. The van der Waals surface area contributed by atoms with E-state index in [4.69, 9.17) is 10.5 Å². The predicted molar refractivity (Wildman–Crippen MR) is 80.0 cm³/mol. The molecule has 0 saturated carbocycles. The maximum absolute atomic E-state index is 12.1. The second-order valence-electron chi connectivity index (χ2n) is 4.89. The smallest absolute Gasteiger partial charge is 0.333 e. The summed E-state index contributed by atoms with van der Waals surface area (Å²) in [5.41, 5.74) is 5.44. The minimum absolute atomic E-state index is 0.111. The molecule has 1 heterocycles. The first-order valence-electron chi connectivity index (χ1n) is 6.64. The first kappa shape index (κ1) is 16.2. The van der Waals surface area contributed by atoms with Crippen LogP contribution in [-0.4, -0.2) is 54.3 Å². The Labute approximate surface area is 132 Å². The highest BCUT2D eigenvalue weighted by atomic mass is 16.5. The number of likely N-dealkylation sites (N-methyl/N-ethyl adjacent to an activating group) is 2. The van der Waals surface area contributed by atoms with E-state index in [9.17, 15) is 19.2 Å². The van der Waals surface area contributed by atoms with Gasteiger partial charge in [-0.05, 0) is 23.8 Å². The van der Waals surface area contributed by atoms with E-state index in [0.717, 1.165) is 9.80 Å². The molecule has 23 heavy (non-hydrogen) atoms. The van der Waals surface area contributed by atoms with Gasteiger partial charge in [0.15, 0.2) is 6.61 Å². The molecule has 1 saturated heterocycles. The number of amides is 5. The lowest BCUT2D eigenvalue weighted by molar-refractivity contribution is -0.134. The van der Waals surface area contributed by atoms with Gasteiger partial charge in [0, 0.05) is 14.1 Å². The highest BCUT2D eigenvalue weighted by Crippen LogP contribution is 2.19. The molecule has 1 aliphatic rings. The third kappa shape index (κ3) is 3.37. The number of carbonyl (C=O) groups excluding carboxylic acids is 4. The number of ether oxygens (including phenoxy) is 1. The summed E-state index contributed by atoms with van der Waals surface area (Å²) >= 11 is 0. The molecule has 0 spiro atoms. The maximum atomic E-state index is 12.1. The number of hydrogen-bond acceptors (Lipinski definition) is 5. The molecule has 120 valence electrons. The lowest BCUT2D eigenvalue weighted by atomic mass is 10.1. The second kappa shape index (κ2) is 6.30. The number of imide groups is 2. The van der Waals surface area contributed by atoms with Crippen LogP contribution < -0.4 is 10.5 Å². The van der Waals surface area contributed by atoms with E-state index in [-0.39, 0.29) is 12.2 Å². The van der Waals surface area contributed by atoms with E-state index in [1.54, 1.807) is 24.3 Å². The van der Waals surface area contributed by atoms with Crippen molar-refractivity contribution in [3.05, 3.63) is 35.4 Å². The fourth-order valence-corrected chi connectivity index (χ4v) is 1.96. The molecule has 0 aromatic heterocycles. The minimum atomic E-state index is -0.674. The topological polar surface area (TPSA) is 110 Å². The molecule has 1 fully saturated rings. The molecule has 0 radical (unpaired) electrons. The number of nitrogens with zero attached hydrogens (tertiary/aromatic N) is 2. The summed E-state index contributed by atoms with van der Waals surface area (Å²) < 4.78 is 5.11. The van der Waals surface area contributed by atoms with Crippen LogP contribution in [-0.2, 0) is 14.4 Å². The van der Waals surface area contributed by atoms with Crippen LogP contribution in [0.4, 0.5) is 4.79 Å². The highest BCUT2D eigenvalue weighted by Gasteiger charge is 2.37. The number of benzene rings is 1.